The molecule has 1 heterocycles. The molecule has 0 amide bonds. The summed E-state index contributed by atoms with van der Waals surface area (Å²) in [6, 6.07) is 7.89. The number of nitrogens with zero attached hydrogens (tertiary/aromatic N) is 2. The molecule has 1 aromatic heterocycles. The lowest BCUT2D eigenvalue weighted by atomic mass is 9.96. The van der Waals surface area contributed by atoms with Crippen LogP contribution in [0.2, 0.25) is 0 Å². The van der Waals surface area contributed by atoms with Crippen molar-refractivity contribution in [3.05, 3.63) is 30.6 Å². The van der Waals surface area contributed by atoms with Crippen molar-refractivity contribution >= 4 is 22.7 Å². The lowest BCUT2D eigenvalue weighted by molar-refractivity contribution is -0.137. The van der Waals surface area contributed by atoms with Gasteiger partial charge in [0, 0.05) is 18.4 Å². The first-order valence-corrected chi connectivity index (χ1v) is 7.36. The fraction of sp³-hybridized carbons (Fsp3) is 0.438. The first kappa shape index (κ1) is 15.2. The summed E-state index contributed by atoms with van der Waals surface area (Å²) in [5.41, 5.74) is 0.924. The summed E-state index contributed by atoms with van der Waals surface area (Å²) in [7, 11) is 0. The molecule has 0 aliphatic carbocycles. The van der Waals surface area contributed by atoms with Crippen LogP contribution in [0.4, 0.5) is 5.82 Å². The number of fused-ring (bicyclic) bond motifs is 1. The first-order chi connectivity index (χ1) is 10.2. The van der Waals surface area contributed by atoms with Crippen LogP contribution in [-0.4, -0.2) is 27.6 Å². The third-order valence-electron chi connectivity index (χ3n) is 3.73. The normalized spacial score (nSPS) is 12.2. The van der Waals surface area contributed by atoms with E-state index in [0.717, 1.165) is 42.5 Å². The molecule has 0 saturated heterocycles. The molecular weight excluding hydrogens is 266 g/mol. The summed E-state index contributed by atoms with van der Waals surface area (Å²) in [5, 5.41) is 13.1. The van der Waals surface area contributed by atoms with Crippen molar-refractivity contribution in [1.82, 2.24) is 9.97 Å². The predicted octanol–water partition coefficient (Wildman–Crippen LogP) is 3.32. The van der Waals surface area contributed by atoms with Crippen molar-refractivity contribution in [2.24, 2.45) is 5.92 Å². The third-order valence-corrected chi connectivity index (χ3v) is 3.73. The standard InChI is InChI=1S/C16H21N3O2/c1-2-12(7-8-15(20)21)9-10-17-16-13-5-3-4-6-14(13)18-11-19-16/h3-6,11-12H,2,7-10H2,1H3,(H,20,21)(H,17,18,19). The number of para-hydroxylation sites is 1. The minimum atomic E-state index is -0.719. The topological polar surface area (TPSA) is 75.1 Å². The van der Waals surface area contributed by atoms with Gasteiger partial charge in [-0.05, 0) is 30.9 Å². The molecule has 1 atom stereocenters. The van der Waals surface area contributed by atoms with E-state index in [0.29, 0.717) is 5.92 Å². The number of carboxylic acids is 1. The number of hydrogen-bond acceptors (Lipinski definition) is 4. The fourth-order valence-corrected chi connectivity index (χ4v) is 2.42. The Hall–Kier alpha value is -2.17. The Labute approximate surface area is 124 Å². The first-order valence-electron chi connectivity index (χ1n) is 7.36. The fourth-order valence-electron chi connectivity index (χ4n) is 2.42. The predicted molar refractivity (Wildman–Crippen MR) is 83.3 cm³/mol. The number of rotatable bonds is 8. The molecule has 5 heteroatoms. The minimum Gasteiger partial charge on any atom is -0.481 e. The van der Waals surface area contributed by atoms with Crippen LogP contribution in [0, 0.1) is 5.92 Å². The highest BCUT2D eigenvalue weighted by molar-refractivity contribution is 5.88. The molecule has 2 aromatic rings. The van der Waals surface area contributed by atoms with Gasteiger partial charge in [0.25, 0.3) is 0 Å². The van der Waals surface area contributed by atoms with Gasteiger partial charge in [-0.25, -0.2) is 9.97 Å². The van der Waals surface area contributed by atoms with Gasteiger partial charge in [-0.15, -0.1) is 0 Å². The average molecular weight is 287 g/mol. The smallest absolute Gasteiger partial charge is 0.303 e. The summed E-state index contributed by atoms with van der Waals surface area (Å²) >= 11 is 0. The molecule has 0 fully saturated rings. The molecule has 5 nitrogen and oxygen atoms in total. The molecule has 0 radical (unpaired) electrons. The molecule has 0 saturated carbocycles. The van der Waals surface area contributed by atoms with Crippen LogP contribution < -0.4 is 5.32 Å². The molecular formula is C16H21N3O2. The van der Waals surface area contributed by atoms with E-state index in [1.165, 1.54) is 0 Å². The number of hydrogen-bond donors (Lipinski definition) is 2. The van der Waals surface area contributed by atoms with E-state index in [1.807, 2.05) is 24.3 Å². The maximum absolute atomic E-state index is 10.6. The quantitative estimate of drug-likeness (QED) is 0.779. The SMILES string of the molecule is CCC(CCNc1ncnc2ccccc12)CCC(=O)O. The molecule has 0 spiro atoms. The number of anilines is 1. The second-order valence-corrected chi connectivity index (χ2v) is 5.16. The molecule has 1 aromatic carbocycles. The van der Waals surface area contributed by atoms with E-state index >= 15 is 0 Å². The number of aromatic nitrogens is 2. The van der Waals surface area contributed by atoms with Gasteiger partial charge >= 0.3 is 5.97 Å². The second-order valence-electron chi connectivity index (χ2n) is 5.16. The Bertz CT molecular complexity index is 596. The van der Waals surface area contributed by atoms with Crippen LogP contribution >= 0.6 is 0 Å². The summed E-state index contributed by atoms with van der Waals surface area (Å²) < 4.78 is 0. The zero-order valence-corrected chi connectivity index (χ0v) is 12.2. The summed E-state index contributed by atoms with van der Waals surface area (Å²) in [6.45, 7) is 2.89. The number of carbonyl (C=O) groups is 1. The van der Waals surface area contributed by atoms with E-state index < -0.39 is 5.97 Å². The zero-order chi connectivity index (χ0) is 15.1. The molecule has 2 N–H and O–H groups in total. The van der Waals surface area contributed by atoms with Gasteiger partial charge in [0.05, 0.1) is 5.52 Å². The van der Waals surface area contributed by atoms with E-state index in [-0.39, 0.29) is 6.42 Å². The summed E-state index contributed by atoms with van der Waals surface area (Å²) in [6.07, 6.45) is 4.49. The maximum atomic E-state index is 10.6. The van der Waals surface area contributed by atoms with Crippen molar-refractivity contribution < 1.29 is 9.90 Å². The van der Waals surface area contributed by atoms with Gasteiger partial charge in [-0.1, -0.05) is 25.5 Å². The van der Waals surface area contributed by atoms with Gasteiger partial charge in [-0.3, -0.25) is 4.79 Å². The number of aliphatic carboxylic acids is 1. The van der Waals surface area contributed by atoms with Crippen molar-refractivity contribution in [3.63, 3.8) is 0 Å². The van der Waals surface area contributed by atoms with Gasteiger partial charge in [-0.2, -0.15) is 0 Å². The van der Waals surface area contributed by atoms with E-state index in [4.69, 9.17) is 5.11 Å². The van der Waals surface area contributed by atoms with Gasteiger partial charge in [0.1, 0.15) is 12.1 Å². The van der Waals surface area contributed by atoms with Crippen LogP contribution in [0.3, 0.4) is 0 Å². The Morgan fingerprint density at radius 1 is 1.29 bits per heavy atom. The molecule has 0 aliphatic heterocycles. The Kier molecular flexibility index (Phi) is 5.49. The Balaban J connectivity index is 1.91. The van der Waals surface area contributed by atoms with Crippen LogP contribution in [0.5, 0.6) is 0 Å². The lowest BCUT2D eigenvalue weighted by Crippen LogP contribution is -2.11. The maximum Gasteiger partial charge on any atom is 0.303 e. The molecule has 21 heavy (non-hydrogen) atoms. The highest BCUT2D eigenvalue weighted by Gasteiger charge is 2.09. The largest absolute Gasteiger partial charge is 0.481 e. The average Bonchev–Trinajstić information content (AvgIpc) is 2.50. The van der Waals surface area contributed by atoms with Crippen LogP contribution in [-0.2, 0) is 4.79 Å². The molecule has 1 unspecified atom stereocenters. The molecule has 112 valence electrons. The highest BCUT2D eigenvalue weighted by atomic mass is 16.4. The van der Waals surface area contributed by atoms with Crippen LogP contribution in [0.25, 0.3) is 10.9 Å². The lowest BCUT2D eigenvalue weighted by Gasteiger charge is -2.14. The summed E-state index contributed by atoms with van der Waals surface area (Å²) in [5.74, 6) is 0.554. The number of nitrogens with one attached hydrogen (secondary N) is 1. The van der Waals surface area contributed by atoms with E-state index in [2.05, 4.69) is 22.2 Å². The van der Waals surface area contributed by atoms with Crippen molar-refractivity contribution in [1.29, 1.82) is 0 Å². The number of benzene rings is 1. The van der Waals surface area contributed by atoms with Crippen LogP contribution in [0.15, 0.2) is 30.6 Å². The van der Waals surface area contributed by atoms with E-state index in [9.17, 15) is 4.79 Å². The Morgan fingerprint density at radius 2 is 2.10 bits per heavy atom. The van der Waals surface area contributed by atoms with Crippen molar-refractivity contribution in [2.75, 3.05) is 11.9 Å². The monoisotopic (exact) mass is 287 g/mol. The van der Waals surface area contributed by atoms with E-state index in [1.54, 1.807) is 6.33 Å². The highest BCUT2D eigenvalue weighted by Crippen LogP contribution is 2.20. The summed E-state index contributed by atoms with van der Waals surface area (Å²) in [4.78, 5) is 19.1. The van der Waals surface area contributed by atoms with Gasteiger partial charge in [0.2, 0.25) is 0 Å². The van der Waals surface area contributed by atoms with Gasteiger partial charge in [0.15, 0.2) is 0 Å². The molecule has 0 aliphatic rings. The van der Waals surface area contributed by atoms with Crippen molar-refractivity contribution in [2.45, 2.75) is 32.6 Å². The van der Waals surface area contributed by atoms with Crippen LogP contribution in [0.1, 0.15) is 32.6 Å². The minimum absolute atomic E-state index is 0.245. The van der Waals surface area contributed by atoms with Crippen molar-refractivity contribution in [3.8, 4) is 0 Å². The van der Waals surface area contributed by atoms with Gasteiger partial charge < -0.3 is 10.4 Å². The number of carboxylic acid groups (broad SMARTS) is 1. The zero-order valence-electron chi connectivity index (χ0n) is 12.2. The third kappa shape index (κ3) is 4.41. The second kappa shape index (κ2) is 7.57. The molecule has 2 rings (SSSR count). The Morgan fingerprint density at radius 3 is 2.86 bits per heavy atom. The molecule has 0 bridgehead atoms.